The van der Waals surface area contributed by atoms with Crippen LogP contribution in [0.1, 0.15) is 18.9 Å². The quantitative estimate of drug-likeness (QED) is 0.749. The largest absolute Gasteiger partial charge is 0.497 e. The second-order valence-corrected chi connectivity index (χ2v) is 4.95. The monoisotopic (exact) mass is 276 g/mol. The number of esters is 1. The van der Waals surface area contributed by atoms with Crippen molar-refractivity contribution < 1.29 is 19.0 Å². The standard InChI is InChI=1S/C16H20O4/c1-12(15-4-3-5-16(17)20-15)10-19-11-13-6-8-14(18-2)9-7-13/h3,5-9,12,15H,4,10-11H2,1-2H3/t12-,15-/m0/s1. The Kier molecular flexibility index (Phi) is 5.18. The molecule has 0 saturated heterocycles. The lowest BCUT2D eigenvalue weighted by molar-refractivity contribution is -0.147. The summed E-state index contributed by atoms with van der Waals surface area (Å²) in [5, 5.41) is 0. The van der Waals surface area contributed by atoms with Gasteiger partial charge in [-0.15, -0.1) is 0 Å². The van der Waals surface area contributed by atoms with Crippen LogP contribution in [-0.4, -0.2) is 25.8 Å². The van der Waals surface area contributed by atoms with Crippen molar-refractivity contribution in [2.75, 3.05) is 13.7 Å². The van der Waals surface area contributed by atoms with Gasteiger partial charge in [0, 0.05) is 18.4 Å². The van der Waals surface area contributed by atoms with E-state index in [9.17, 15) is 4.79 Å². The summed E-state index contributed by atoms with van der Waals surface area (Å²) >= 11 is 0. The van der Waals surface area contributed by atoms with Gasteiger partial charge < -0.3 is 14.2 Å². The van der Waals surface area contributed by atoms with Crippen molar-refractivity contribution in [3.63, 3.8) is 0 Å². The predicted octanol–water partition coefficient (Wildman–Crippen LogP) is 2.72. The molecular formula is C16H20O4. The summed E-state index contributed by atoms with van der Waals surface area (Å²) in [5.41, 5.74) is 1.10. The Labute approximate surface area is 119 Å². The van der Waals surface area contributed by atoms with Gasteiger partial charge in [-0.25, -0.2) is 4.79 Å². The molecule has 108 valence electrons. The molecule has 1 heterocycles. The number of benzene rings is 1. The molecule has 0 radical (unpaired) electrons. The summed E-state index contributed by atoms with van der Waals surface area (Å²) in [5.74, 6) is 0.758. The first-order chi connectivity index (χ1) is 9.69. The molecule has 2 rings (SSSR count). The molecule has 0 bridgehead atoms. The van der Waals surface area contributed by atoms with E-state index < -0.39 is 0 Å². The first-order valence-electron chi connectivity index (χ1n) is 6.77. The van der Waals surface area contributed by atoms with Gasteiger partial charge in [0.05, 0.1) is 20.3 Å². The lowest BCUT2D eigenvalue weighted by Crippen LogP contribution is -2.29. The van der Waals surface area contributed by atoms with Gasteiger partial charge in [0.2, 0.25) is 0 Å². The highest BCUT2D eigenvalue weighted by Crippen LogP contribution is 2.18. The predicted molar refractivity (Wildman–Crippen MR) is 75.5 cm³/mol. The van der Waals surface area contributed by atoms with Crippen LogP contribution in [0.5, 0.6) is 5.75 Å². The van der Waals surface area contributed by atoms with E-state index in [2.05, 4.69) is 0 Å². The summed E-state index contributed by atoms with van der Waals surface area (Å²) in [7, 11) is 1.65. The fraction of sp³-hybridized carbons (Fsp3) is 0.438. The van der Waals surface area contributed by atoms with Gasteiger partial charge in [-0.1, -0.05) is 25.1 Å². The van der Waals surface area contributed by atoms with Gasteiger partial charge in [0.15, 0.2) is 0 Å². The van der Waals surface area contributed by atoms with Crippen LogP contribution in [-0.2, 0) is 20.9 Å². The summed E-state index contributed by atoms with van der Waals surface area (Å²) in [6, 6.07) is 7.78. The van der Waals surface area contributed by atoms with E-state index in [-0.39, 0.29) is 18.0 Å². The minimum absolute atomic E-state index is 0.0802. The molecule has 0 saturated carbocycles. The fourth-order valence-corrected chi connectivity index (χ4v) is 2.08. The molecule has 0 aliphatic carbocycles. The summed E-state index contributed by atoms with van der Waals surface area (Å²) in [4.78, 5) is 11.2. The molecule has 1 aromatic carbocycles. The fourth-order valence-electron chi connectivity index (χ4n) is 2.08. The maximum atomic E-state index is 11.2. The van der Waals surface area contributed by atoms with Crippen LogP contribution in [0.15, 0.2) is 36.4 Å². The van der Waals surface area contributed by atoms with E-state index in [1.807, 2.05) is 37.3 Å². The highest BCUT2D eigenvalue weighted by Gasteiger charge is 2.22. The van der Waals surface area contributed by atoms with E-state index >= 15 is 0 Å². The van der Waals surface area contributed by atoms with Gasteiger partial charge in [0.1, 0.15) is 11.9 Å². The Balaban J connectivity index is 1.74. The SMILES string of the molecule is COc1ccc(COC[C@H](C)[C@@H]2CC=CC(=O)O2)cc1. The van der Waals surface area contributed by atoms with Crippen LogP contribution >= 0.6 is 0 Å². The number of carbonyl (C=O) groups is 1. The summed E-state index contributed by atoms with van der Waals surface area (Å²) < 4.78 is 16.1. The number of carbonyl (C=O) groups excluding carboxylic acids is 1. The second kappa shape index (κ2) is 7.10. The zero-order valence-electron chi connectivity index (χ0n) is 11.9. The Bertz CT molecular complexity index is 464. The number of hydrogen-bond acceptors (Lipinski definition) is 4. The maximum Gasteiger partial charge on any atom is 0.330 e. The van der Waals surface area contributed by atoms with E-state index in [1.54, 1.807) is 7.11 Å². The van der Waals surface area contributed by atoms with E-state index in [0.717, 1.165) is 17.7 Å². The second-order valence-electron chi connectivity index (χ2n) is 4.95. The highest BCUT2D eigenvalue weighted by atomic mass is 16.5. The average Bonchev–Trinajstić information content (AvgIpc) is 2.48. The molecule has 0 fully saturated rings. The minimum Gasteiger partial charge on any atom is -0.497 e. The van der Waals surface area contributed by atoms with Crippen LogP contribution in [0.25, 0.3) is 0 Å². The van der Waals surface area contributed by atoms with Crippen molar-refractivity contribution in [1.82, 2.24) is 0 Å². The molecule has 4 nitrogen and oxygen atoms in total. The summed E-state index contributed by atoms with van der Waals surface area (Å²) in [6.07, 6.45) is 4.01. The molecule has 0 aromatic heterocycles. The van der Waals surface area contributed by atoms with Crippen molar-refractivity contribution in [1.29, 1.82) is 0 Å². The maximum absolute atomic E-state index is 11.2. The lowest BCUT2D eigenvalue weighted by atomic mass is 10.0. The number of methoxy groups -OCH3 is 1. The molecule has 1 aromatic rings. The third kappa shape index (κ3) is 4.10. The molecule has 0 amide bonds. The minimum atomic E-state index is -0.261. The van der Waals surface area contributed by atoms with E-state index in [0.29, 0.717) is 13.2 Å². The Morgan fingerprint density at radius 3 is 2.75 bits per heavy atom. The Morgan fingerprint density at radius 1 is 1.35 bits per heavy atom. The number of cyclic esters (lactones) is 1. The van der Waals surface area contributed by atoms with Crippen molar-refractivity contribution in [2.24, 2.45) is 5.92 Å². The average molecular weight is 276 g/mol. The molecule has 4 heteroatoms. The molecule has 0 N–H and O–H groups in total. The van der Waals surface area contributed by atoms with Crippen LogP contribution in [0.4, 0.5) is 0 Å². The van der Waals surface area contributed by atoms with E-state index in [4.69, 9.17) is 14.2 Å². The van der Waals surface area contributed by atoms with Crippen molar-refractivity contribution in [3.05, 3.63) is 42.0 Å². The number of ether oxygens (including phenoxy) is 3. The third-order valence-electron chi connectivity index (χ3n) is 3.33. The molecule has 1 aliphatic rings. The zero-order chi connectivity index (χ0) is 14.4. The number of hydrogen-bond donors (Lipinski definition) is 0. The molecule has 0 spiro atoms. The van der Waals surface area contributed by atoms with Gasteiger partial charge in [-0.2, -0.15) is 0 Å². The van der Waals surface area contributed by atoms with Gasteiger partial charge in [-0.3, -0.25) is 0 Å². The zero-order valence-corrected chi connectivity index (χ0v) is 11.9. The first kappa shape index (κ1) is 14.6. The van der Waals surface area contributed by atoms with Crippen molar-refractivity contribution in [3.8, 4) is 5.75 Å². The van der Waals surface area contributed by atoms with Gasteiger partial charge in [-0.05, 0) is 17.7 Å². The summed E-state index contributed by atoms with van der Waals surface area (Å²) in [6.45, 7) is 3.15. The molecular weight excluding hydrogens is 256 g/mol. The Morgan fingerprint density at radius 2 is 2.10 bits per heavy atom. The van der Waals surface area contributed by atoms with Crippen molar-refractivity contribution >= 4 is 5.97 Å². The van der Waals surface area contributed by atoms with Crippen LogP contribution < -0.4 is 4.74 Å². The normalized spacial score (nSPS) is 19.5. The Hall–Kier alpha value is -1.81. The van der Waals surface area contributed by atoms with Crippen molar-refractivity contribution in [2.45, 2.75) is 26.1 Å². The van der Waals surface area contributed by atoms with Gasteiger partial charge in [0.25, 0.3) is 0 Å². The van der Waals surface area contributed by atoms with Crippen LogP contribution in [0.2, 0.25) is 0 Å². The van der Waals surface area contributed by atoms with Gasteiger partial charge >= 0.3 is 5.97 Å². The van der Waals surface area contributed by atoms with Crippen LogP contribution in [0.3, 0.4) is 0 Å². The molecule has 20 heavy (non-hydrogen) atoms. The topological polar surface area (TPSA) is 44.8 Å². The molecule has 0 unspecified atom stereocenters. The smallest absolute Gasteiger partial charge is 0.330 e. The molecule has 1 aliphatic heterocycles. The molecule has 2 atom stereocenters. The first-order valence-corrected chi connectivity index (χ1v) is 6.77. The third-order valence-corrected chi connectivity index (χ3v) is 3.33. The lowest BCUT2D eigenvalue weighted by Gasteiger charge is -2.24. The van der Waals surface area contributed by atoms with E-state index in [1.165, 1.54) is 6.08 Å². The van der Waals surface area contributed by atoms with Crippen LogP contribution in [0, 0.1) is 5.92 Å². The highest BCUT2D eigenvalue weighted by molar-refractivity contribution is 5.82. The number of rotatable bonds is 6.